The van der Waals surface area contributed by atoms with Gasteiger partial charge in [0.15, 0.2) is 0 Å². The summed E-state index contributed by atoms with van der Waals surface area (Å²) < 4.78 is 22.9. The number of hydrogen-bond donors (Lipinski definition) is 0. The second kappa shape index (κ2) is 14.3. The molecule has 0 unspecified atom stereocenters. The van der Waals surface area contributed by atoms with Gasteiger partial charge in [-0.2, -0.15) is 0 Å². The van der Waals surface area contributed by atoms with Gasteiger partial charge in [-0.3, -0.25) is 0 Å². The first kappa shape index (κ1) is 36.2. The van der Waals surface area contributed by atoms with Gasteiger partial charge < -0.3 is 28.7 Å². The topological polar surface area (TPSA) is 43.4 Å². The van der Waals surface area contributed by atoms with Gasteiger partial charge in [0.25, 0.3) is 0 Å². The molecule has 0 heterocycles. The zero-order chi connectivity index (χ0) is 40.1. The van der Waals surface area contributed by atoms with E-state index in [1.165, 1.54) is 44.5 Å². The van der Waals surface area contributed by atoms with Crippen LogP contribution >= 0.6 is 0 Å². The van der Waals surface area contributed by atoms with Crippen LogP contribution < -0.4 is 28.7 Å². The number of nitrogens with zero attached hydrogens (tertiary/aromatic N) is 2. The highest BCUT2D eigenvalue weighted by atomic mass is 16.5. The van der Waals surface area contributed by atoms with Crippen LogP contribution in [0.2, 0.25) is 0 Å². The molecule has 0 saturated carbocycles. The summed E-state index contributed by atoms with van der Waals surface area (Å²) in [5, 5.41) is 0. The van der Waals surface area contributed by atoms with Gasteiger partial charge in [0.05, 0.1) is 33.9 Å². The Hall–Kier alpha value is -7.18. The first-order valence-corrected chi connectivity index (χ1v) is 19.9. The van der Waals surface area contributed by atoms with Gasteiger partial charge in [0.1, 0.15) is 28.7 Å². The molecular weight excluding hydrogens is 729 g/mol. The summed E-state index contributed by atoms with van der Waals surface area (Å²) in [6.07, 6.45) is 5.42. The van der Waals surface area contributed by atoms with Gasteiger partial charge in [0, 0.05) is 29.2 Å². The lowest BCUT2D eigenvalue weighted by molar-refractivity contribution is 0.414. The van der Waals surface area contributed by atoms with Crippen LogP contribution in [0.3, 0.4) is 0 Å². The number of methoxy groups -OCH3 is 4. The number of allylic oxidation sites excluding steroid dienone is 2. The molecule has 290 valence electrons. The molecule has 0 atom stereocenters. The van der Waals surface area contributed by atoms with Crippen molar-refractivity contribution in [2.45, 2.75) is 17.5 Å². The minimum absolute atomic E-state index is 0.536. The van der Waals surface area contributed by atoms with Gasteiger partial charge in [-0.1, -0.05) is 78.9 Å². The average Bonchev–Trinajstić information content (AvgIpc) is 3.77. The van der Waals surface area contributed by atoms with E-state index < -0.39 is 11.1 Å². The van der Waals surface area contributed by atoms with Crippen molar-refractivity contribution >= 4 is 28.3 Å². The SMILES string of the molecule is COc1ccc(N(c2ccc(OC)cc2)C2(N(c3ccc(OC)cc3)c3ccc(OC)cc3)C=CC3=C(C2)C2(c4ccccc43)c3ccccc3-c3ccccc32)cc1. The molecule has 1 spiro atoms. The van der Waals surface area contributed by atoms with E-state index >= 15 is 0 Å². The number of fused-ring (bicyclic) bond motifs is 9. The lowest BCUT2D eigenvalue weighted by atomic mass is 9.66. The molecule has 0 N–H and O–H groups in total. The molecule has 0 radical (unpaired) electrons. The Morgan fingerprint density at radius 3 is 1.07 bits per heavy atom. The fraction of sp³-hybridized carbons (Fsp3) is 0.132. The van der Waals surface area contributed by atoms with Gasteiger partial charge in [0.2, 0.25) is 0 Å². The minimum atomic E-state index is -0.896. The molecule has 3 aliphatic rings. The van der Waals surface area contributed by atoms with Crippen LogP contribution in [-0.4, -0.2) is 34.1 Å². The first-order chi connectivity index (χ1) is 29.0. The molecule has 0 aliphatic heterocycles. The van der Waals surface area contributed by atoms with Crippen molar-refractivity contribution in [3.63, 3.8) is 0 Å². The Morgan fingerprint density at radius 1 is 0.390 bits per heavy atom. The van der Waals surface area contributed by atoms with E-state index in [-0.39, 0.29) is 0 Å². The second-order valence-corrected chi connectivity index (χ2v) is 15.1. The van der Waals surface area contributed by atoms with Crippen LogP contribution in [-0.2, 0) is 5.41 Å². The Kier molecular flexibility index (Phi) is 8.79. The molecule has 0 amide bonds. The fourth-order valence-electron chi connectivity index (χ4n) is 9.90. The maximum absolute atomic E-state index is 5.72. The first-order valence-electron chi connectivity index (χ1n) is 19.9. The summed E-state index contributed by atoms with van der Waals surface area (Å²) >= 11 is 0. The summed E-state index contributed by atoms with van der Waals surface area (Å²) in [5.74, 6) is 3.14. The summed E-state index contributed by atoms with van der Waals surface area (Å²) in [6.45, 7) is 0. The van der Waals surface area contributed by atoms with Gasteiger partial charge in [-0.15, -0.1) is 0 Å². The predicted octanol–water partition coefficient (Wildman–Crippen LogP) is 12.1. The number of rotatable bonds is 10. The van der Waals surface area contributed by atoms with E-state index in [4.69, 9.17) is 18.9 Å². The summed E-state index contributed by atoms with van der Waals surface area (Å²) in [7, 11) is 6.83. The summed E-state index contributed by atoms with van der Waals surface area (Å²) in [4.78, 5) is 4.95. The minimum Gasteiger partial charge on any atom is -0.497 e. The predicted molar refractivity (Wildman–Crippen MR) is 238 cm³/mol. The van der Waals surface area contributed by atoms with E-state index in [0.717, 1.165) is 45.7 Å². The molecule has 7 aromatic carbocycles. The Balaban J connectivity index is 1.31. The van der Waals surface area contributed by atoms with Crippen LogP contribution in [0.15, 0.2) is 188 Å². The number of anilines is 4. The molecular formula is C53H44N2O4. The highest BCUT2D eigenvalue weighted by molar-refractivity contribution is 5.98. The quantitative estimate of drug-likeness (QED) is 0.129. The van der Waals surface area contributed by atoms with E-state index in [9.17, 15) is 0 Å². The van der Waals surface area contributed by atoms with Crippen molar-refractivity contribution < 1.29 is 18.9 Å². The van der Waals surface area contributed by atoms with E-state index in [1.54, 1.807) is 28.4 Å². The van der Waals surface area contributed by atoms with Crippen LogP contribution in [0.1, 0.15) is 28.7 Å². The third kappa shape index (κ3) is 5.47. The van der Waals surface area contributed by atoms with Crippen LogP contribution in [0.4, 0.5) is 22.7 Å². The Labute approximate surface area is 345 Å². The number of ether oxygens (including phenoxy) is 4. The van der Waals surface area contributed by atoms with Crippen molar-refractivity contribution in [1.29, 1.82) is 0 Å². The van der Waals surface area contributed by atoms with Gasteiger partial charge in [-0.25, -0.2) is 0 Å². The molecule has 0 bridgehead atoms. The average molecular weight is 773 g/mol. The highest BCUT2D eigenvalue weighted by Crippen LogP contribution is 2.65. The largest absolute Gasteiger partial charge is 0.497 e. The van der Waals surface area contributed by atoms with Crippen LogP contribution in [0, 0.1) is 0 Å². The van der Waals surface area contributed by atoms with E-state index in [0.29, 0.717) is 6.42 Å². The molecule has 0 fully saturated rings. The van der Waals surface area contributed by atoms with Gasteiger partial charge >= 0.3 is 0 Å². The number of hydrogen-bond acceptors (Lipinski definition) is 6. The van der Waals surface area contributed by atoms with Crippen molar-refractivity contribution in [3.8, 4) is 34.1 Å². The van der Waals surface area contributed by atoms with Crippen molar-refractivity contribution in [2.75, 3.05) is 38.2 Å². The van der Waals surface area contributed by atoms with Crippen LogP contribution in [0.25, 0.3) is 16.7 Å². The van der Waals surface area contributed by atoms with E-state index in [2.05, 4.69) is 143 Å². The molecule has 6 nitrogen and oxygen atoms in total. The molecule has 6 heteroatoms. The third-order valence-electron chi connectivity index (χ3n) is 12.4. The Morgan fingerprint density at radius 2 is 0.712 bits per heavy atom. The molecule has 7 aromatic rings. The highest BCUT2D eigenvalue weighted by Gasteiger charge is 2.57. The maximum atomic E-state index is 5.72. The third-order valence-corrected chi connectivity index (χ3v) is 12.4. The monoisotopic (exact) mass is 772 g/mol. The molecule has 0 aromatic heterocycles. The normalized spacial score (nSPS) is 14.8. The Bertz CT molecular complexity index is 2500. The zero-order valence-electron chi connectivity index (χ0n) is 33.6. The van der Waals surface area contributed by atoms with Gasteiger partial charge in [-0.05, 0) is 148 Å². The smallest absolute Gasteiger partial charge is 0.145 e. The number of benzene rings is 7. The zero-order valence-corrected chi connectivity index (χ0v) is 33.6. The van der Waals surface area contributed by atoms with Crippen molar-refractivity contribution in [3.05, 3.63) is 210 Å². The lowest BCUT2D eigenvalue weighted by Crippen LogP contribution is -2.58. The maximum Gasteiger partial charge on any atom is 0.145 e. The molecule has 59 heavy (non-hydrogen) atoms. The van der Waals surface area contributed by atoms with E-state index in [1.807, 2.05) is 48.5 Å². The summed E-state index contributed by atoms with van der Waals surface area (Å²) in [6, 6.07) is 60.6. The van der Waals surface area contributed by atoms with Crippen molar-refractivity contribution in [2.24, 2.45) is 0 Å². The molecule has 10 rings (SSSR count). The lowest BCUT2D eigenvalue weighted by Gasteiger charge is -2.54. The van der Waals surface area contributed by atoms with Crippen LogP contribution in [0.5, 0.6) is 23.0 Å². The summed E-state index contributed by atoms with van der Waals surface area (Å²) in [5.41, 5.74) is 12.9. The fourth-order valence-corrected chi connectivity index (χ4v) is 9.90. The second-order valence-electron chi connectivity index (χ2n) is 15.1. The van der Waals surface area contributed by atoms with Crippen molar-refractivity contribution in [1.82, 2.24) is 0 Å². The standard InChI is InChI=1S/C53H44N2O4/c1-56-40-25-17-36(18-26-40)54(37-19-27-41(57-2)28-20-37)52(55(38-21-29-42(58-3)30-22-38)39-23-31-43(59-4)32-24-39)34-33-47-46-13-7-10-16-50(46)53(51(47)35-52)48-14-8-5-11-44(48)45-12-6-9-15-49(45)53/h5-34H,35H2,1-4H3. The molecule has 0 saturated heterocycles. The molecule has 3 aliphatic carbocycles.